The second-order valence-electron chi connectivity index (χ2n) is 3.08. The smallest absolute Gasteiger partial charge is 0.415 e. The fraction of sp³-hybridized carbons (Fsp3) is 0.875. The number of carbonyl (C=O) groups is 1. The molecule has 0 aromatic rings. The Labute approximate surface area is 84.7 Å². The van der Waals surface area contributed by atoms with E-state index in [1.807, 2.05) is 0 Å². The Morgan fingerprint density at radius 2 is 2.27 bits per heavy atom. The highest BCUT2D eigenvalue weighted by molar-refractivity contribution is 5.76. The van der Waals surface area contributed by atoms with Gasteiger partial charge >= 0.3 is 12.1 Å². The maximum atomic E-state index is 12.1. The molecule has 4 nitrogen and oxygen atoms in total. The summed E-state index contributed by atoms with van der Waals surface area (Å²) in [6, 6.07) is -0.802. The molecule has 1 fully saturated rings. The first-order chi connectivity index (χ1) is 6.95. The minimum atomic E-state index is -4.40. The number of hydrogen-bond donors (Lipinski definition) is 1. The summed E-state index contributed by atoms with van der Waals surface area (Å²) >= 11 is 0. The van der Waals surface area contributed by atoms with E-state index in [9.17, 15) is 18.0 Å². The molecule has 2 atom stereocenters. The minimum absolute atomic E-state index is 0.194. The lowest BCUT2D eigenvalue weighted by atomic mass is 10.2. The van der Waals surface area contributed by atoms with Crippen molar-refractivity contribution in [1.82, 2.24) is 5.32 Å². The summed E-state index contributed by atoms with van der Waals surface area (Å²) < 4.78 is 45.6. The van der Waals surface area contributed by atoms with Crippen LogP contribution in [0.15, 0.2) is 0 Å². The molecule has 0 unspecified atom stereocenters. The summed E-state index contributed by atoms with van der Waals surface area (Å²) in [5.74, 6) is -0.585. The number of nitrogens with one attached hydrogen (secondary N) is 1. The van der Waals surface area contributed by atoms with Crippen molar-refractivity contribution in [2.24, 2.45) is 0 Å². The quantitative estimate of drug-likeness (QED) is 0.696. The highest BCUT2D eigenvalue weighted by atomic mass is 19.4. The predicted molar refractivity (Wildman–Crippen MR) is 44.2 cm³/mol. The van der Waals surface area contributed by atoms with Gasteiger partial charge in [-0.05, 0) is 6.92 Å². The van der Waals surface area contributed by atoms with Crippen molar-refractivity contribution < 1.29 is 27.4 Å². The van der Waals surface area contributed by atoms with E-state index in [0.29, 0.717) is 0 Å². The van der Waals surface area contributed by atoms with Crippen molar-refractivity contribution >= 4 is 5.97 Å². The van der Waals surface area contributed by atoms with E-state index in [-0.39, 0.29) is 13.2 Å². The molecule has 0 radical (unpaired) electrons. The topological polar surface area (TPSA) is 47.6 Å². The van der Waals surface area contributed by atoms with Gasteiger partial charge in [0.1, 0.15) is 6.04 Å². The molecule has 1 aliphatic rings. The van der Waals surface area contributed by atoms with Crippen LogP contribution in [0.25, 0.3) is 0 Å². The summed E-state index contributed by atoms with van der Waals surface area (Å²) in [6.45, 7) is 1.08. The van der Waals surface area contributed by atoms with E-state index < -0.39 is 30.8 Å². The van der Waals surface area contributed by atoms with Crippen LogP contribution in [0, 0.1) is 0 Å². The van der Waals surface area contributed by atoms with Crippen molar-refractivity contribution in [1.29, 1.82) is 0 Å². The maximum absolute atomic E-state index is 12.1. The Morgan fingerprint density at radius 1 is 1.60 bits per heavy atom. The van der Waals surface area contributed by atoms with Crippen LogP contribution in [-0.2, 0) is 14.3 Å². The Hall–Kier alpha value is -0.820. The first kappa shape index (κ1) is 12.3. The fourth-order valence-corrected chi connectivity index (χ4v) is 1.18. The molecule has 0 aliphatic carbocycles. The van der Waals surface area contributed by atoms with Gasteiger partial charge in [-0.3, -0.25) is 10.1 Å². The van der Waals surface area contributed by atoms with E-state index in [1.54, 1.807) is 6.92 Å². The van der Waals surface area contributed by atoms with E-state index >= 15 is 0 Å². The van der Waals surface area contributed by atoms with Gasteiger partial charge in [-0.1, -0.05) is 0 Å². The second kappa shape index (κ2) is 4.80. The summed E-state index contributed by atoms with van der Waals surface area (Å²) in [4.78, 5) is 11.1. The average Bonchev–Trinajstić information content (AvgIpc) is 2.17. The van der Waals surface area contributed by atoms with Crippen molar-refractivity contribution in [2.75, 3.05) is 19.8 Å². The Balaban J connectivity index is 2.39. The molecule has 0 aromatic heterocycles. The third-order valence-electron chi connectivity index (χ3n) is 1.95. The molecular formula is C8H12F3NO3. The van der Waals surface area contributed by atoms with Crippen LogP contribution in [0.4, 0.5) is 13.2 Å². The van der Waals surface area contributed by atoms with E-state index in [0.717, 1.165) is 0 Å². The van der Waals surface area contributed by atoms with Crippen LogP contribution in [0.1, 0.15) is 6.92 Å². The second-order valence-corrected chi connectivity index (χ2v) is 3.08. The number of rotatable bonds is 2. The third-order valence-corrected chi connectivity index (χ3v) is 1.95. The Kier molecular flexibility index (Phi) is 3.92. The Bertz CT molecular complexity index is 224. The average molecular weight is 227 g/mol. The van der Waals surface area contributed by atoms with Crippen LogP contribution in [0.5, 0.6) is 0 Å². The van der Waals surface area contributed by atoms with E-state index in [2.05, 4.69) is 14.8 Å². The number of esters is 1. The molecule has 7 heteroatoms. The van der Waals surface area contributed by atoms with Gasteiger partial charge in [0.2, 0.25) is 0 Å². The number of alkyl halides is 3. The molecule has 1 rings (SSSR count). The predicted octanol–water partition coefficient (Wildman–Crippen LogP) is 0.469. The zero-order chi connectivity index (χ0) is 11.5. The zero-order valence-corrected chi connectivity index (χ0v) is 8.13. The SMILES string of the molecule is CCOC(=O)[C@@H]1CO[C@H](C(F)(F)F)CN1. The van der Waals surface area contributed by atoms with E-state index in [1.165, 1.54) is 0 Å². The lowest BCUT2D eigenvalue weighted by molar-refractivity contribution is -0.230. The molecular weight excluding hydrogens is 215 g/mol. The van der Waals surface area contributed by atoms with Gasteiger partial charge in [0, 0.05) is 6.54 Å². The molecule has 15 heavy (non-hydrogen) atoms. The minimum Gasteiger partial charge on any atom is -0.465 e. The lowest BCUT2D eigenvalue weighted by Crippen LogP contribution is -2.55. The highest BCUT2D eigenvalue weighted by Gasteiger charge is 2.44. The normalized spacial score (nSPS) is 27.5. The summed E-state index contributed by atoms with van der Waals surface area (Å²) in [5, 5.41) is 2.44. The molecule has 0 aromatic carbocycles. The molecule has 88 valence electrons. The summed E-state index contributed by atoms with van der Waals surface area (Å²) in [5.41, 5.74) is 0. The van der Waals surface area contributed by atoms with Gasteiger partial charge in [-0.25, -0.2) is 0 Å². The molecule has 0 saturated carbocycles. The van der Waals surface area contributed by atoms with Gasteiger partial charge in [0.15, 0.2) is 6.10 Å². The van der Waals surface area contributed by atoms with Crippen molar-refractivity contribution in [3.8, 4) is 0 Å². The highest BCUT2D eigenvalue weighted by Crippen LogP contribution is 2.24. The Morgan fingerprint density at radius 3 is 2.67 bits per heavy atom. The standard InChI is InChI=1S/C8H12F3NO3/c1-2-14-7(13)5-4-15-6(3-12-5)8(9,10)11/h5-6,12H,2-4H2,1H3/t5-,6-/m0/s1. The third kappa shape index (κ3) is 3.35. The maximum Gasteiger partial charge on any atom is 0.415 e. The molecule has 0 amide bonds. The lowest BCUT2D eigenvalue weighted by Gasteiger charge is -2.30. The number of carbonyl (C=O) groups excluding carboxylic acids is 1. The van der Waals surface area contributed by atoms with Gasteiger partial charge in [-0.15, -0.1) is 0 Å². The molecule has 0 spiro atoms. The van der Waals surface area contributed by atoms with Gasteiger partial charge < -0.3 is 9.47 Å². The van der Waals surface area contributed by atoms with Crippen LogP contribution >= 0.6 is 0 Å². The molecule has 1 saturated heterocycles. The zero-order valence-electron chi connectivity index (χ0n) is 8.13. The largest absolute Gasteiger partial charge is 0.465 e. The number of ether oxygens (including phenoxy) is 2. The number of morpholine rings is 1. The molecule has 1 heterocycles. The first-order valence-electron chi connectivity index (χ1n) is 4.53. The van der Waals surface area contributed by atoms with Crippen molar-refractivity contribution in [2.45, 2.75) is 25.2 Å². The van der Waals surface area contributed by atoms with Gasteiger partial charge in [0.05, 0.1) is 13.2 Å². The first-order valence-corrected chi connectivity index (χ1v) is 4.53. The fourth-order valence-electron chi connectivity index (χ4n) is 1.18. The number of hydrogen-bond acceptors (Lipinski definition) is 4. The number of halogens is 3. The summed E-state index contributed by atoms with van der Waals surface area (Å²) in [6.07, 6.45) is -6.24. The summed E-state index contributed by atoms with van der Waals surface area (Å²) in [7, 11) is 0. The van der Waals surface area contributed by atoms with Crippen LogP contribution in [0.2, 0.25) is 0 Å². The molecule has 0 bridgehead atoms. The molecule has 1 N–H and O–H groups in total. The van der Waals surface area contributed by atoms with Crippen molar-refractivity contribution in [3.63, 3.8) is 0 Å². The van der Waals surface area contributed by atoms with Crippen LogP contribution < -0.4 is 5.32 Å². The van der Waals surface area contributed by atoms with E-state index in [4.69, 9.17) is 0 Å². The monoisotopic (exact) mass is 227 g/mol. The van der Waals surface area contributed by atoms with Gasteiger partial charge in [-0.2, -0.15) is 13.2 Å². The van der Waals surface area contributed by atoms with Crippen molar-refractivity contribution in [3.05, 3.63) is 0 Å². The van der Waals surface area contributed by atoms with Crippen LogP contribution in [0.3, 0.4) is 0 Å². The van der Waals surface area contributed by atoms with Crippen LogP contribution in [-0.4, -0.2) is 44.0 Å². The van der Waals surface area contributed by atoms with Gasteiger partial charge in [0.25, 0.3) is 0 Å². The molecule has 1 aliphatic heterocycles.